The first-order valence-electron chi connectivity index (χ1n) is 5.76. The van der Waals surface area contributed by atoms with Crippen molar-refractivity contribution in [3.8, 4) is 0 Å². The summed E-state index contributed by atoms with van der Waals surface area (Å²) < 4.78 is 1.75. The summed E-state index contributed by atoms with van der Waals surface area (Å²) in [6.45, 7) is 0. The van der Waals surface area contributed by atoms with Crippen LogP contribution in [0.1, 0.15) is 0 Å². The van der Waals surface area contributed by atoms with Gasteiger partial charge in [0, 0.05) is 27.0 Å². The average Bonchev–Trinajstić information content (AvgIpc) is 2.43. The highest BCUT2D eigenvalue weighted by Crippen LogP contribution is 2.29. The molecular weight excluding hydrogens is 405 g/mol. The van der Waals surface area contributed by atoms with Gasteiger partial charge in [0.1, 0.15) is 5.52 Å². The summed E-state index contributed by atoms with van der Waals surface area (Å²) in [5.74, 6) is 0. The number of hydrogen-bond donors (Lipinski definition) is 1. The van der Waals surface area contributed by atoms with Crippen LogP contribution in [0.3, 0.4) is 0 Å². The SMILES string of the molecule is Clc1ccc(Nc2ccnc3cc(Br)cnc23)cc1Br. The molecule has 0 radical (unpaired) electrons. The van der Waals surface area contributed by atoms with Gasteiger partial charge in [0.25, 0.3) is 0 Å². The first-order chi connectivity index (χ1) is 9.63. The summed E-state index contributed by atoms with van der Waals surface area (Å²) in [7, 11) is 0. The lowest BCUT2D eigenvalue weighted by Gasteiger charge is -2.09. The van der Waals surface area contributed by atoms with E-state index < -0.39 is 0 Å². The highest BCUT2D eigenvalue weighted by atomic mass is 79.9. The molecule has 20 heavy (non-hydrogen) atoms. The first kappa shape index (κ1) is 13.8. The Morgan fingerprint density at radius 2 is 1.90 bits per heavy atom. The molecule has 0 aliphatic heterocycles. The van der Waals surface area contributed by atoms with Gasteiger partial charge in [-0.05, 0) is 62.2 Å². The fourth-order valence-corrected chi connectivity index (χ4v) is 2.65. The van der Waals surface area contributed by atoms with Crippen molar-refractivity contribution >= 4 is 65.9 Å². The number of rotatable bonds is 2. The molecule has 3 nitrogen and oxygen atoms in total. The summed E-state index contributed by atoms with van der Waals surface area (Å²) in [4.78, 5) is 8.72. The Kier molecular flexibility index (Phi) is 3.92. The molecule has 0 amide bonds. The summed E-state index contributed by atoms with van der Waals surface area (Å²) in [5.41, 5.74) is 3.48. The molecule has 0 fully saturated rings. The molecule has 1 N–H and O–H groups in total. The lowest BCUT2D eigenvalue weighted by atomic mass is 10.2. The van der Waals surface area contributed by atoms with Gasteiger partial charge in [0.05, 0.1) is 16.2 Å². The van der Waals surface area contributed by atoms with Gasteiger partial charge in [-0.3, -0.25) is 9.97 Å². The molecule has 2 heterocycles. The molecular formula is C14H8Br2ClN3. The van der Waals surface area contributed by atoms with E-state index in [2.05, 4.69) is 47.1 Å². The predicted octanol–water partition coefficient (Wildman–Crippen LogP) is 5.55. The summed E-state index contributed by atoms with van der Waals surface area (Å²) in [5, 5.41) is 4.01. The zero-order valence-corrected chi connectivity index (χ0v) is 14.0. The molecule has 0 spiro atoms. The van der Waals surface area contributed by atoms with E-state index in [9.17, 15) is 0 Å². The zero-order chi connectivity index (χ0) is 14.1. The molecule has 2 aromatic heterocycles. The molecule has 0 saturated heterocycles. The lowest BCUT2D eigenvalue weighted by Crippen LogP contribution is -1.94. The maximum atomic E-state index is 5.99. The Morgan fingerprint density at radius 1 is 1.05 bits per heavy atom. The number of nitrogens with one attached hydrogen (secondary N) is 1. The second-order valence-electron chi connectivity index (χ2n) is 4.13. The molecule has 0 atom stereocenters. The molecule has 0 unspecified atom stereocenters. The molecule has 100 valence electrons. The van der Waals surface area contributed by atoms with Gasteiger partial charge in [-0.2, -0.15) is 0 Å². The third-order valence-corrected chi connectivity index (χ3v) is 4.39. The number of nitrogens with zero attached hydrogens (tertiary/aromatic N) is 2. The van der Waals surface area contributed by atoms with Crippen LogP contribution >= 0.6 is 43.5 Å². The van der Waals surface area contributed by atoms with Gasteiger partial charge < -0.3 is 5.32 Å². The van der Waals surface area contributed by atoms with Gasteiger partial charge in [-0.25, -0.2) is 0 Å². The largest absolute Gasteiger partial charge is 0.354 e. The van der Waals surface area contributed by atoms with Gasteiger partial charge in [-0.15, -0.1) is 0 Å². The van der Waals surface area contributed by atoms with E-state index in [0.717, 1.165) is 31.4 Å². The van der Waals surface area contributed by atoms with Gasteiger partial charge in [-0.1, -0.05) is 11.6 Å². The smallest absolute Gasteiger partial charge is 0.112 e. The van der Waals surface area contributed by atoms with Crippen molar-refractivity contribution in [2.24, 2.45) is 0 Å². The van der Waals surface area contributed by atoms with Crippen LogP contribution in [0.2, 0.25) is 5.02 Å². The van der Waals surface area contributed by atoms with Gasteiger partial charge in [0.2, 0.25) is 0 Å². The number of benzene rings is 1. The second-order valence-corrected chi connectivity index (χ2v) is 6.31. The minimum Gasteiger partial charge on any atom is -0.354 e. The fraction of sp³-hybridized carbons (Fsp3) is 0. The summed E-state index contributed by atoms with van der Waals surface area (Å²) in [6.07, 6.45) is 3.51. The van der Waals surface area contributed by atoms with Gasteiger partial charge in [0.15, 0.2) is 0 Å². The Labute approximate surface area is 137 Å². The quantitative estimate of drug-likeness (QED) is 0.598. The van der Waals surface area contributed by atoms with Crippen LogP contribution in [-0.4, -0.2) is 9.97 Å². The van der Waals surface area contributed by atoms with Crippen molar-refractivity contribution in [2.75, 3.05) is 5.32 Å². The highest BCUT2D eigenvalue weighted by molar-refractivity contribution is 9.10. The number of anilines is 2. The molecule has 3 aromatic rings. The van der Waals surface area contributed by atoms with Crippen LogP contribution in [0.25, 0.3) is 11.0 Å². The van der Waals surface area contributed by atoms with Crippen LogP contribution in [0.15, 0.2) is 51.7 Å². The van der Waals surface area contributed by atoms with Crippen LogP contribution in [-0.2, 0) is 0 Å². The molecule has 0 bridgehead atoms. The highest BCUT2D eigenvalue weighted by Gasteiger charge is 2.05. The van der Waals surface area contributed by atoms with E-state index in [1.165, 1.54) is 0 Å². The second kappa shape index (κ2) is 5.68. The summed E-state index contributed by atoms with van der Waals surface area (Å²) in [6, 6.07) is 9.50. The van der Waals surface area contributed by atoms with Crippen molar-refractivity contribution in [3.63, 3.8) is 0 Å². The number of aromatic nitrogens is 2. The maximum Gasteiger partial charge on any atom is 0.112 e. The minimum atomic E-state index is 0.678. The molecule has 1 aromatic carbocycles. The molecule has 3 rings (SSSR count). The van der Waals surface area contributed by atoms with Crippen molar-refractivity contribution in [3.05, 3.63) is 56.7 Å². The summed E-state index contributed by atoms with van der Waals surface area (Å²) >= 11 is 12.8. The Morgan fingerprint density at radius 3 is 2.70 bits per heavy atom. The maximum absolute atomic E-state index is 5.99. The topological polar surface area (TPSA) is 37.8 Å². The molecule has 0 aliphatic rings. The Hall–Kier alpha value is -1.17. The Bertz CT molecular complexity index is 792. The zero-order valence-electron chi connectivity index (χ0n) is 10.1. The van der Waals surface area contributed by atoms with Crippen LogP contribution in [0, 0.1) is 0 Å². The molecule has 6 heteroatoms. The lowest BCUT2D eigenvalue weighted by molar-refractivity contribution is 1.32. The van der Waals surface area contributed by atoms with Crippen LogP contribution < -0.4 is 5.32 Å². The van der Waals surface area contributed by atoms with Gasteiger partial charge >= 0.3 is 0 Å². The number of hydrogen-bond acceptors (Lipinski definition) is 3. The molecule has 0 aliphatic carbocycles. The third-order valence-electron chi connectivity index (χ3n) is 2.74. The normalized spacial score (nSPS) is 10.8. The minimum absolute atomic E-state index is 0.678. The predicted molar refractivity (Wildman–Crippen MR) is 89.7 cm³/mol. The third kappa shape index (κ3) is 2.80. The number of fused-ring (bicyclic) bond motifs is 1. The monoisotopic (exact) mass is 411 g/mol. The van der Waals surface area contributed by atoms with E-state index in [-0.39, 0.29) is 0 Å². The van der Waals surface area contributed by atoms with Crippen molar-refractivity contribution in [1.29, 1.82) is 0 Å². The van der Waals surface area contributed by atoms with Crippen molar-refractivity contribution < 1.29 is 0 Å². The van der Waals surface area contributed by atoms with E-state index in [4.69, 9.17) is 11.6 Å². The van der Waals surface area contributed by atoms with Crippen molar-refractivity contribution in [1.82, 2.24) is 9.97 Å². The van der Waals surface area contributed by atoms with Crippen LogP contribution in [0.5, 0.6) is 0 Å². The van der Waals surface area contributed by atoms with Crippen LogP contribution in [0.4, 0.5) is 11.4 Å². The van der Waals surface area contributed by atoms with E-state index in [1.807, 2.05) is 30.3 Å². The van der Waals surface area contributed by atoms with E-state index in [0.29, 0.717) is 5.02 Å². The first-order valence-corrected chi connectivity index (χ1v) is 7.72. The van der Waals surface area contributed by atoms with E-state index >= 15 is 0 Å². The number of halogens is 3. The molecule has 0 saturated carbocycles. The Balaban J connectivity index is 2.04. The average molecular weight is 414 g/mol. The number of pyridine rings is 2. The standard InChI is InChI=1S/C14H8Br2ClN3/c15-8-5-13-14(19-7-8)12(3-4-18-13)20-9-1-2-11(17)10(16)6-9/h1-7H,(H,18,20). The fourth-order valence-electron chi connectivity index (χ4n) is 1.84. The van der Waals surface area contributed by atoms with Crippen molar-refractivity contribution in [2.45, 2.75) is 0 Å². The van der Waals surface area contributed by atoms with E-state index in [1.54, 1.807) is 12.4 Å².